The first kappa shape index (κ1) is 15.0. The van der Waals surface area contributed by atoms with Crippen LogP contribution in [-0.4, -0.2) is 34.7 Å². The highest BCUT2D eigenvalue weighted by molar-refractivity contribution is 7.98. The average Bonchev–Trinajstić information content (AvgIpc) is 2.34. The van der Waals surface area contributed by atoms with E-state index < -0.39 is 0 Å². The van der Waals surface area contributed by atoms with Gasteiger partial charge in [-0.3, -0.25) is 4.79 Å². The normalized spacial score (nSPS) is 12.0. The van der Waals surface area contributed by atoms with Gasteiger partial charge in [0.15, 0.2) is 5.16 Å². The van der Waals surface area contributed by atoms with E-state index in [4.69, 9.17) is 11.6 Å². The summed E-state index contributed by atoms with van der Waals surface area (Å²) in [6, 6.07) is 1.24. The van der Waals surface area contributed by atoms with Gasteiger partial charge in [-0.1, -0.05) is 30.3 Å². The molecule has 5 nitrogen and oxygen atoms in total. The van der Waals surface area contributed by atoms with Gasteiger partial charge < -0.3 is 10.6 Å². The molecule has 1 rings (SSSR count). The minimum Gasteiger partial charge on any atom is -0.358 e. The molecule has 7 heteroatoms. The minimum atomic E-state index is -0.364. The molecule has 0 fully saturated rings. The summed E-state index contributed by atoms with van der Waals surface area (Å²) in [7, 11) is 0. The van der Waals surface area contributed by atoms with Crippen molar-refractivity contribution >= 4 is 35.1 Å². The number of rotatable bonds is 6. The van der Waals surface area contributed by atoms with Crippen LogP contribution in [0.4, 0.5) is 5.82 Å². The van der Waals surface area contributed by atoms with Gasteiger partial charge in [-0.15, -0.1) is 0 Å². The molecule has 1 aromatic heterocycles. The average molecular weight is 289 g/mol. The van der Waals surface area contributed by atoms with E-state index in [0.29, 0.717) is 22.7 Å². The molecule has 1 atom stereocenters. The first-order valence-electron chi connectivity index (χ1n) is 5.69. The molecule has 100 valence electrons. The standard InChI is InChI=1S/C11H17ClN4OS/c1-4-5-13-10(17)7(2)14-9-6-8(12)15-11(16-9)18-3/h6-7H,4-5H2,1-3H3,(H,13,17)(H,14,15,16). The van der Waals surface area contributed by atoms with Crippen LogP contribution in [0.25, 0.3) is 0 Å². The molecule has 18 heavy (non-hydrogen) atoms. The zero-order chi connectivity index (χ0) is 13.5. The highest BCUT2D eigenvalue weighted by atomic mass is 35.5. The Morgan fingerprint density at radius 1 is 1.56 bits per heavy atom. The Hall–Kier alpha value is -1.01. The Bertz CT molecular complexity index is 416. The Kier molecular flexibility index (Phi) is 6.21. The molecule has 1 aromatic rings. The van der Waals surface area contributed by atoms with Crippen LogP contribution in [0.15, 0.2) is 11.2 Å². The molecule has 1 amide bonds. The summed E-state index contributed by atoms with van der Waals surface area (Å²) < 4.78 is 0. The summed E-state index contributed by atoms with van der Waals surface area (Å²) in [6.07, 6.45) is 2.78. The van der Waals surface area contributed by atoms with Crippen molar-refractivity contribution in [1.82, 2.24) is 15.3 Å². The van der Waals surface area contributed by atoms with Crippen molar-refractivity contribution < 1.29 is 4.79 Å². The zero-order valence-electron chi connectivity index (χ0n) is 10.7. The maximum absolute atomic E-state index is 11.7. The molecule has 0 aliphatic heterocycles. The van der Waals surface area contributed by atoms with E-state index in [-0.39, 0.29) is 11.9 Å². The maximum atomic E-state index is 11.7. The number of nitrogens with zero attached hydrogens (tertiary/aromatic N) is 2. The number of aromatic nitrogens is 2. The smallest absolute Gasteiger partial charge is 0.242 e. The maximum Gasteiger partial charge on any atom is 0.242 e. The predicted molar refractivity (Wildman–Crippen MR) is 75.2 cm³/mol. The van der Waals surface area contributed by atoms with Crippen LogP contribution < -0.4 is 10.6 Å². The third-order valence-electron chi connectivity index (χ3n) is 2.16. The summed E-state index contributed by atoms with van der Waals surface area (Å²) >= 11 is 7.27. The second-order valence-corrected chi connectivity index (χ2v) is 4.88. The van der Waals surface area contributed by atoms with Crippen molar-refractivity contribution in [2.75, 3.05) is 18.1 Å². The van der Waals surface area contributed by atoms with Gasteiger partial charge in [-0.25, -0.2) is 9.97 Å². The quantitative estimate of drug-likeness (QED) is 0.477. The van der Waals surface area contributed by atoms with Crippen molar-refractivity contribution in [3.05, 3.63) is 11.2 Å². The van der Waals surface area contributed by atoms with E-state index >= 15 is 0 Å². The van der Waals surface area contributed by atoms with Gasteiger partial charge in [0.1, 0.15) is 17.0 Å². The highest BCUT2D eigenvalue weighted by Crippen LogP contribution is 2.17. The van der Waals surface area contributed by atoms with Crippen LogP contribution in [-0.2, 0) is 4.79 Å². The lowest BCUT2D eigenvalue weighted by Gasteiger charge is -2.14. The minimum absolute atomic E-state index is 0.0581. The van der Waals surface area contributed by atoms with E-state index in [2.05, 4.69) is 20.6 Å². The highest BCUT2D eigenvalue weighted by Gasteiger charge is 2.13. The monoisotopic (exact) mass is 288 g/mol. The van der Waals surface area contributed by atoms with Gasteiger partial charge >= 0.3 is 0 Å². The van der Waals surface area contributed by atoms with E-state index in [1.165, 1.54) is 11.8 Å². The summed E-state index contributed by atoms with van der Waals surface area (Å²) in [5, 5.41) is 6.75. The third kappa shape index (κ3) is 4.70. The van der Waals surface area contributed by atoms with Crippen molar-refractivity contribution in [1.29, 1.82) is 0 Å². The number of anilines is 1. The number of nitrogens with one attached hydrogen (secondary N) is 2. The van der Waals surface area contributed by atoms with Crippen LogP contribution in [0.5, 0.6) is 0 Å². The molecule has 1 unspecified atom stereocenters. The number of thioether (sulfide) groups is 1. The molecular formula is C11H17ClN4OS. The fourth-order valence-electron chi connectivity index (χ4n) is 1.25. The molecule has 0 saturated heterocycles. The number of carbonyl (C=O) groups excluding carboxylic acids is 1. The van der Waals surface area contributed by atoms with Crippen molar-refractivity contribution in [2.45, 2.75) is 31.5 Å². The largest absolute Gasteiger partial charge is 0.358 e. The van der Waals surface area contributed by atoms with Gasteiger partial charge in [0.25, 0.3) is 0 Å². The first-order valence-corrected chi connectivity index (χ1v) is 7.30. The Labute approximate surface area is 116 Å². The van der Waals surface area contributed by atoms with E-state index in [0.717, 1.165) is 6.42 Å². The fraction of sp³-hybridized carbons (Fsp3) is 0.545. The number of halogens is 1. The van der Waals surface area contributed by atoms with Crippen LogP contribution in [0.1, 0.15) is 20.3 Å². The molecule has 0 aliphatic rings. The third-order valence-corrected chi connectivity index (χ3v) is 2.91. The van der Waals surface area contributed by atoms with Crippen molar-refractivity contribution in [3.8, 4) is 0 Å². The van der Waals surface area contributed by atoms with E-state index in [9.17, 15) is 4.79 Å². The summed E-state index contributed by atoms with van der Waals surface area (Å²) in [5.41, 5.74) is 0. The van der Waals surface area contributed by atoms with Crippen LogP contribution >= 0.6 is 23.4 Å². The van der Waals surface area contributed by atoms with Crippen LogP contribution in [0, 0.1) is 0 Å². The van der Waals surface area contributed by atoms with Crippen LogP contribution in [0.2, 0.25) is 5.15 Å². The van der Waals surface area contributed by atoms with Gasteiger partial charge in [-0.2, -0.15) is 0 Å². The number of hydrogen-bond acceptors (Lipinski definition) is 5. The molecule has 0 bridgehead atoms. The molecule has 0 spiro atoms. The molecule has 1 heterocycles. The second-order valence-electron chi connectivity index (χ2n) is 3.72. The molecular weight excluding hydrogens is 272 g/mol. The Morgan fingerprint density at radius 3 is 2.89 bits per heavy atom. The van der Waals surface area contributed by atoms with Gasteiger partial charge in [0.2, 0.25) is 5.91 Å². The Morgan fingerprint density at radius 2 is 2.28 bits per heavy atom. The number of hydrogen-bond donors (Lipinski definition) is 2. The lowest BCUT2D eigenvalue weighted by molar-refractivity contribution is -0.121. The molecule has 0 saturated carbocycles. The molecule has 0 radical (unpaired) electrons. The van der Waals surface area contributed by atoms with Crippen molar-refractivity contribution in [2.24, 2.45) is 0 Å². The lowest BCUT2D eigenvalue weighted by atomic mass is 10.3. The first-order chi connectivity index (χ1) is 8.56. The zero-order valence-corrected chi connectivity index (χ0v) is 12.2. The van der Waals surface area contributed by atoms with Gasteiger partial charge in [0.05, 0.1) is 0 Å². The molecule has 0 aliphatic carbocycles. The van der Waals surface area contributed by atoms with Gasteiger partial charge in [0, 0.05) is 12.6 Å². The van der Waals surface area contributed by atoms with Crippen LogP contribution in [0.3, 0.4) is 0 Å². The fourth-order valence-corrected chi connectivity index (χ4v) is 1.86. The summed E-state index contributed by atoms with van der Waals surface area (Å²) in [4.78, 5) is 20.0. The predicted octanol–water partition coefficient (Wildman–Crippen LogP) is 2.18. The van der Waals surface area contributed by atoms with E-state index in [1.54, 1.807) is 13.0 Å². The Balaban J connectivity index is 2.66. The molecule has 2 N–H and O–H groups in total. The number of carbonyl (C=O) groups is 1. The van der Waals surface area contributed by atoms with Crippen molar-refractivity contribution in [3.63, 3.8) is 0 Å². The van der Waals surface area contributed by atoms with E-state index in [1.807, 2.05) is 13.2 Å². The SMILES string of the molecule is CCCNC(=O)C(C)Nc1cc(Cl)nc(SC)n1. The summed E-state index contributed by atoms with van der Waals surface area (Å²) in [6.45, 7) is 4.46. The second kappa shape index (κ2) is 7.43. The topological polar surface area (TPSA) is 66.9 Å². The lowest BCUT2D eigenvalue weighted by Crippen LogP contribution is -2.38. The molecule has 0 aromatic carbocycles. The van der Waals surface area contributed by atoms with Gasteiger partial charge in [-0.05, 0) is 19.6 Å². The summed E-state index contributed by atoms with van der Waals surface area (Å²) in [5.74, 6) is 0.496. The number of amides is 1.